The van der Waals surface area contributed by atoms with E-state index in [4.69, 9.17) is 19.3 Å². The Bertz CT molecular complexity index is 618. The summed E-state index contributed by atoms with van der Waals surface area (Å²) >= 11 is 0. The van der Waals surface area contributed by atoms with E-state index in [0.29, 0.717) is 13.0 Å². The molecular weight excluding hydrogens is 438 g/mol. The zero-order valence-electron chi connectivity index (χ0n) is 21.3. The Labute approximate surface area is 205 Å². The molecule has 34 heavy (non-hydrogen) atoms. The molecule has 0 heterocycles. The molecule has 0 aromatic carbocycles. The highest BCUT2D eigenvalue weighted by atomic mass is 16.6. The number of allylic oxidation sites excluding steroid dienone is 1. The third kappa shape index (κ3) is 18.1. The van der Waals surface area contributed by atoms with Crippen molar-refractivity contribution in [3.63, 3.8) is 0 Å². The van der Waals surface area contributed by atoms with Crippen LogP contribution in [-0.4, -0.2) is 48.7 Å². The molecule has 2 unspecified atom stereocenters. The molecule has 0 spiro atoms. The number of carbonyl (C=O) groups excluding carboxylic acids is 2. The number of carboxylic acid groups (broad SMARTS) is 1. The quantitative estimate of drug-likeness (QED) is 0.0687. The fraction of sp³-hybridized carbons (Fsp3) is 0.731. The SMILES string of the molecule is C=C(C)C(=O)OCNC(=O)OC(C/C=C/CCCCCCCC(=O)O)C(CCCCC)OCC. The summed E-state index contributed by atoms with van der Waals surface area (Å²) in [5, 5.41) is 11.1. The van der Waals surface area contributed by atoms with Crippen LogP contribution in [0.2, 0.25) is 0 Å². The van der Waals surface area contributed by atoms with Crippen molar-refractivity contribution in [1.29, 1.82) is 0 Å². The second-order valence-corrected chi connectivity index (χ2v) is 8.37. The molecular formula is C26H45NO7. The highest BCUT2D eigenvalue weighted by Gasteiger charge is 2.24. The van der Waals surface area contributed by atoms with Gasteiger partial charge in [0.1, 0.15) is 6.10 Å². The number of rotatable bonds is 21. The molecule has 0 fully saturated rings. The third-order valence-corrected chi connectivity index (χ3v) is 5.21. The average Bonchev–Trinajstić information content (AvgIpc) is 2.78. The summed E-state index contributed by atoms with van der Waals surface area (Å²) in [4.78, 5) is 34.2. The van der Waals surface area contributed by atoms with Crippen LogP contribution in [0.1, 0.15) is 97.8 Å². The van der Waals surface area contributed by atoms with Crippen LogP contribution < -0.4 is 5.32 Å². The number of hydrogen-bond acceptors (Lipinski definition) is 6. The van der Waals surface area contributed by atoms with Crippen molar-refractivity contribution in [3.8, 4) is 0 Å². The second-order valence-electron chi connectivity index (χ2n) is 8.37. The lowest BCUT2D eigenvalue weighted by Crippen LogP contribution is -2.38. The van der Waals surface area contributed by atoms with E-state index in [1.807, 2.05) is 13.0 Å². The lowest BCUT2D eigenvalue weighted by atomic mass is 10.0. The van der Waals surface area contributed by atoms with Crippen molar-refractivity contribution in [2.24, 2.45) is 0 Å². The lowest BCUT2D eigenvalue weighted by molar-refractivity contribution is -0.139. The van der Waals surface area contributed by atoms with Crippen molar-refractivity contribution in [1.82, 2.24) is 5.32 Å². The molecule has 0 aliphatic carbocycles. The molecule has 0 rings (SSSR count). The standard InChI is InChI=1S/C26H45NO7/c1-5-7-14-17-22(32-6-2)23(34-26(31)27-20-33-25(30)21(3)4)18-15-12-10-8-9-11-13-16-19-24(28)29/h12,15,22-23H,3,5-11,13-14,16-20H2,1-2,4H3,(H,27,31)(H,28,29)/b15-12+. The number of nitrogens with one attached hydrogen (secondary N) is 1. The largest absolute Gasteiger partial charge is 0.481 e. The number of esters is 1. The van der Waals surface area contributed by atoms with Gasteiger partial charge in [0.2, 0.25) is 0 Å². The van der Waals surface area contributed by atoms with Crippen molar-refractivity contribution < 1.29 is 33.7 Å². The highest BCUT2D eigenvalue weighted by Crippen LogP contribution is 2.18. The Hall–Kier alpha value is -2.35. The number of hydrogen-bond donors (Lipinski definition) is 2. The van der Waals surface area contributed by atoms with Crippen molar-refractivity contribution in [2.45, 2.75) is 110 Å². The predicted octanol–water partition coefficient (Wildman–Crippen LogP) is 5.91. The number of alkyl carbamates (subject to hydrolysis) is 1. The Morgan fingerprint density at radius 2 is 1.68 bits per heavy atom. The van der Waals surface area contributed by atoms with Gasteiger partial charge in [-0.3, -0.25) is 10.1 Å². The van der Waals surface area contributed by atoms with Gasteiger partial charge in [0.15, 0.2) is 6.73 Å². The molecule has 0 radical (unpaired) electrons. The monoisotopic (exact) mass is 483 g/mol. The molecule has 0 aliphatic rings. The first-order chi connectivity index (χ1) is 16.3. The van der Waals surface area contributed by atoms with Crippen LogP contribution in [0.4, 0.5) is 4.79 Å². The van der Waals surface area contributed by atoms with Gasteiger partial charge in [-0.05, 0) is 39.5 Å². The minimum absolute atomic E-state index is 0.209. The number of ether oxygens (including phenoxy) is 3. The van der Waals surface area contributed by atoms with E-state index in [1.54, 1.807) is 0 Å². The van der Waals surface area contributed by atoms with Crippen LogP contribution in [0.3, 0.4) is 0 Å². The first kappa shape index (κ1) is 31.6. The maximum atomic E-state index is 12.3. The molecule has 0 aromatic heterocycles. The zero-order valence-corrected chi connectivity index (χ0v) is 21.3. The van der Waals surface area contributed by atoms with E-state index in [1.165, 1.54) is 6.92 Å². The van der Waals surface area contributed by atoms with Gasteiger partial charge in [-0.1, -0.05) is 64.2 Å². The number of aliphatic carboxylic acids is 1. The second kappa shape index (κ2) is 21.2. The lowest BCUT2D eigenvalue weighted by Gasteiger charge is -2.26. The minimum Gasteiger partial charge on any atom is -0.481 e. The Balaban J connectivity index is 4.63. The number of carboxylic acids is 1. The molecule has 1 amide bonds. The van der Waals surface area contributed by atoms with Gasteiger partial charge in [-0.25, -0.2) is 9.59 Å². The molecule has 0 bridgehead atoms. The van der Waals surface area contributed by atoms with E-state index >= 15 is 0 Å². The Kier molecular flexibility index (Phi) is 19.7. The third-order valence-electron chi connectivity index (χ3n) is 5.21. The van der Waals surface area contributed by atoms with Gasteiger partial charge in [-0.15, -0.1) is 0 Å². The highest BCUT2D eigenvalue weighted by molar-refractivity contribution is 5.87. The summed E-state index contributed by atoms with van der Waals surface area (Å²) in [5.74, 6) is -1.31. The van der Waals surface area contributed by atoms with Gasteiger partial charge in [0.05, 0.1) is 6.10 Å². The van der Waals surface area contributed by atoms with E-state index < -0.39 is 24.1 Å². The first-order valence-corrected chi connectivity index (χ1v) is 12.6. The molecule has 8 nitrogen and oxygen atoms in total. The molecule has 0 saturated carbocycles. The molecule has 0 saturated heterocycles. The summed E-state index contributed by atoms with van der Waals surface area (Å²) in [6.07, 6.45) is 13.3. The first-order valence-electron chi connectivity index (χ1n) is 12.6. The zero-order chi connectivity index (χ0) is 25.6. The van der Waals surface area contributed by atoms with Crippen LogP contribution in [0.25, 0.3) is 0 Å². The van der Waals surface area contributed by atoms with Crippen LogP contribution >= 0.6 is 0 Å². The average molecular weight is 484 g/mol. The summed E-state index contributed by atoms with van der Waals surface area (Å²) < 4.78 is 16.4. The molecule has 2 N–H and O–H groups in total. The Morgan fingerprint density at radius 1 is 0.971 bits per heavy atom. The topological polar surface area (TPSA) is 111 Å². The van der Waals surface area contributed by atoms with Crippen LogP contribution in [0, 0.1) is 0 Å². The summed E-state index contributed by atoms with van der Waals surface area (Å²) in [6.45, 7) is 9.34. The van der Waals surface area contributed by atoms with Crippen molar-refractivity contribution >= 4 is 18.0 Å². The van der Waals surface area contributed by atoms with Crippen LogP contribution in [-0.2, 0) is 23.8 Å². The fourth-order valence-electron chi connectivity index (χ4n) is 3.34. The predicted molar refractivity (Wildman–Crippen MR) is 132 cm³/mol. The van der Waals surface area contributed by atoms with Gasteiger partial charge in [0.25, 0.3) is 0 Å². The van der Waals surface area contributed by atoms with Crippen LogP contribution in [0.15, 0.2) is 24.3 Å². The maximum Gasteiger partial charge on any atom is 0.410 e. The molecule has 0 aromatic rings. The van der Waals surface area contributed by atoms with E-state index in [9.17, 15) is 14.4 Å². The maximum absolute atomic E-state index is 12.3. The van der Waals surface area contributed by atoms with Gasteiger partial charge < -0.3 is 19.3 Å². The summed E-state index contributed by atoms with van der Waals surface area (Å²) in [7, 11) is 0. The van der Waals surface area contributed by atoms with Gasteiger partial charge in [0, 0.05) is 25.0 Å². The van der Waals surface area contributed by atoms with E-state index in [0.717, 1.165) is 64.2 Å². The molecule has 0 aliphatic heterocycles. The van der Waals surface area contributed by atoms with Gasteiger partial charge >= 0.3 is 18.0 Å². The van der Waals surface area contributed by atoms with Crippen molar-refractivity contribution in [2.75, 3.05) is 13.3 Å². The minimum atomic E-state index is -0.735. The number of unbranched alkanes of at least 4 members (excludes halogenated alkanes) is 7. The number of carbonyl (C=O) groups is 3. The fourth-order valence-corrected chi connectivity index (χ4v) is 3.34. The van der Waals surface area contributed by atoms with Crippen molar-refractivity contribution in [3.05, 3.63) is 24.3 Å². The van der Waals surface area contributed by atoms with Gasteiger partial charge in [-0.2, -0.15) is 0 Å². The van der Waals surface area contributed by atoms with E-state index in [-0.39, 0.29) is 24.8 Å². The molecule has 2 atom stereocenters. The van der Waals surface area contributed by atoms with E-state index in [2.05, 4.69) is 24.9 Å². The smallest absolute Gasteiger partial charge is 0.410 e. The summed E-state index contributed by atoms with van der Waals surface area (Å²) in [6, 6.07) is 0. The Morgan fingerprint density at radius 3 is 2.32 bits per heavy atom. The van der Waals surface area contributed by atoms with Crippen LogP contribution in [0.5, 0.6) is 0 Å². The summed E-state index contributed by atoms with van der Waals surface area (Å²) in [5.41, 5.74) is 0.255. The molecule has 8 heteroatoms. The number of amides is 1. The molecule has 196 valence electrons. The normalized spacial score (nSPS) is 12.8.